The number of hydrogen-bond acceptors (Lipinski definition) is 4. The van der Waals surface area contributed by atoms with Crippen molar-refractivity contribution in [2.75, 3.05) is 20.2 Å². The van der Waals surface area contributed by atoms with Crippen molar-refractivity contribution in [1.29, 1.82) is 0 Å². The van der Waals surface area contributed by atoms with Crippen LogP contribution in [0.15, 0.2) is 66.3 Å². The Kier molecular flexibility index (Phi) is 7.00. The molecular formula is C26H30FN3O2. The van der Waals surface area contributed by atoms with Gasteiger partial charge in [0.25, 0.3) is 5.91 Å². The fourth-order valence-corrected chi connectivity index (χ4v) is 4.78. The summed E-state index contributed by atoms with van der Waals surface area (Å²) >= 11 is 0. The maximum Gasteiger partial charge on any atom is 0.257 e. The van der Waals surface area contributed by atoms with E-state index in [1.54, 1.807) is 18.2 Å². The van der Waals surface area contributed by atoms with Crippen LogP contribution in [0.25, 0.3) is 0 Å². The average molecular weight is 436 g/mol. The van der Waals surface area contributed by atoms with Crippen molar-refractivity contribution in [3.05, 3.63) is 78.1 Å². The number of halogens is 1. The molecule has 2 aromatic carbocycles. The van der Waals surface area contributed by atoms with Gasteiger partial charge in [-0.3, -0.25) is 9.69 Å². The fraction of sp³-hybridized carbons (Fsp3) is 0.385. The highest BCUT2D eigenvalue weighted by Crippen LogP contribution is 2.35. The number of carbonyl (C=O) groups excluding carboxylic acids is 1. The third kappa shape index (κ3) is 4.75. The van der Waals surface area contributed by atoms with Gasteiger partial charge in [0.1, 0.15) is 11.6 Å². The first kappa shape index (κ1) is 22.2. The third-order valence-corrected chi connectivity index (χ3v) is 6.36. The molecule has 168 valence electrons. The first-order chi connectivity index (χ1) is 15.6. The van der Waals surface area contributed by atoms with Gasteiger partial charge in [-0.05, 0) is 42.7 Å². The molecule has 1 atom stereocenters. The van der Waals surface area contributed by atoms with Gasteiger partial charge in [0.15, 0.2) is 0 Å². The lowest BCUT2D eigenvalue weighted by atomic mass is 9.98. The van der Waals surface area contributed by atoms with Crippen molar-refractivity contribution >= 4 is 11.6 Å². The topological polar surface area (TPSA) is 45.1 Å². The van der Waals surface area contributed by atoms with E-state index >= 15 is 0 Å². The minimum absolute atomic E-state index is 0.0853. The highest BCUT2D eigenvalue weighted by Gasteiger charge is 2.35. The molecule has 4 rings (SSSR count). The van der Waals surface area contributed by atoms with E-state index in [0.717, 1.165) is 29.7 Å². The molecule has 0 radical (unpaired) electrons. The molecule has 2 aliphatic rings. The molecule has 0 bridgehead atoms. The minimum atomic E-state index is -0.354. The quantitative estimate of drug-likeness (QED) is 0.552. The SMILES string of the molecule is C=CCN(CC(=O)N1N=C(c2ccccc2OC)CC1c1cccc(F)c1)C1CCCC1. The van der Waals surface area contributed by atoms with Gasteiger partial charge in [-0.25, -0.2) is 9.40 Å². The average Bonchev–Trinajstić information content (AvgIpc) is 3.49. The predicted octanol–water partition coefficient (Wildman–Crippen LogP) is 4.94. The van der Waals surface area contributed by atoms with Crippen LogP contribution in [0.4, 0.5) is 4.39 Å². The van der Waals surface area contributed by atoms with Gasteiger partial charge < -0.3 is 4.74 Å². The Morgan fingerprint density at radius 3 is 2.75 bits per heavy atom. The molecule has 1 fully saturated rings. The first-order valence-electron chi connectivity index (χ1n) is 11.2. The van der Waals surface area contributed by atoms with Gasteiger partial charge in [-0.1, -0.05) is 43.2 Å². The summed E-state index contributed by atoms with van der Waals surface area (Å²) in [5, 5.41) is 6.28. The van der Waals surface area contributed by atoms with Crippen molar-refractivity contribution in [2.24, 2.45) is 5.10 Å². The lowest BCUT2D eigenvalue weighted by Crippen LogP contribution is -2.42. The Morgan fingerprint density at radius 2 is 2.03 bits per heavy atom. The summed E-state index contributed by atoms with van der Waals surface area (Å²) in [6, 6.07) is 14.1. The Hall–Kier alpha value is -2.99. The largest absolute Gasteiger partial charge is 0.496 e. The monoisotopic (exact) mass is 435 g/mol. The van der Waals surface area contributed by atoms with Gasteiger partial charge in [0.2, 0.25) is 0 Å². The minimum Gasteiger partial charge on any atom is -0.496 e. The van der Waals surface area contributed by atoms with Crippen molar-refractivity contribution in [3.63, 3.8) is 0 Å². The van der Waals surface area contributed by atoms with Crippen LogP contribution in [0.2, 0.25) is 0 Å². The van der Waals surface area contributed by atoms with Gasteiger partial charge in [-0.15, -0.1) is 6.58 Å². The maximum absolute atomic E-state index is 14.0. The van der Waals surface area contributed by atoms with E-state index in [1.807, 2.05) is 36.4 Å². The Morgan fingerprint density at radius 1 is 1.25 bits per heavy atom. The molecule has 32 heavy (non-hydrogen) atoms. The molecule has 1 amide bonds. The van der Waals surface area contributed by atoms with Gasteiger partial charge >= 0.3 is 0 Å². The molecule has 0 aromatic heterocycles. The molecule has 1 unspecified atom stereocenters. The summed E-state index contributed by atoms with van der Waals surface area (Å²) in [6.45, 7) is 4.80. The smallest absolute Gasteiger partial charge is 0.257 e. The van der Waals surface area contributed by atoms with Crippen LogP contribution in [-0.4, -0.2) is 47.8 Å². The van der Waals surface area contributed by atoms with Crippen molar-refractivity contribution < 1.29 is 13.9 Å². The number of rotatable bonds is 8. The molecule has 5 nitrogen and oxygen atoms in total. The molecule has 1 aliphatic heterocycles. The first-order valence-corrected chi connectivity index (χ1v) is 11.2. The molecule has 0 saturated heterocycles. The Labute approximate surface area is 189 Å². The van der Waals surface area contributed by atoms with E-state index in [9.17, 15) is 9.18 Å². The van der Waals surface area contributed by atoms with E-state index < -0.39 is 0 Å². The van der Waals surface area contributed by atoms with Crippen LogP contribution < -0.4 is 4.74 Å². The highest BCUT2D eigenvalue weighted by molar-refractivity contribution is 6.05. The van der Waals surface area contributed by atoms with E-state index in [4.69, 9.17) is 9.84 Å². The summed E-state index contributed by atoms with van der Waals surface area (Å²) < 4.78 is 19.5. The lowest BCUT2D eigenvalue weighted by molar-refractivity contribution is -0.134. The van der Waals surface area contributed by atoms with Crippen LogP contribution in [-0.2, 0) is 4.79 Å². The summed E-state index contributed by atoms with van der Waals surface area (Å²) in [4.78, 5) is 15.7. The zero-order valence-corrected chi connectivity index (χ0v) is 18.5. The van der Waals surface area contributed by atoms with E-state index in [-0.39, 0.29) is 24.3 Å². The normalized spacial score (nSPS) is 18.8. The van der Waals surface area contributed by atoms with E-state index in [0.29, 0.717) is 24.8 Å². The highest BCUT2D eigenvalue weighted by atomic mass is 19.1. The molecule has 0 spiro atoms. The van der Waals surface area contributed by atoms with Crippen LogP contribution in [0, 0.1) is 5.82 Å². The van der Waals surface area contributed by atoms with E-state index in [1.165, 1.54) is 25.0 Å². The standard InChI is InChI=1S/C26H30FN3O2/c1-3-15-29(21-11-4-5-12-21)18-26(31)30-24(19-9-8-10-20(27)16-19)17-23(28-30)22-13-6-7-14-25(22)32-2/h3,6-10,13-14,16,21,24H,1,4-5,11-12,15,17-18H2,2H3. The number of amides is 1. The number of benzene rings is 2. The van der Waals surface area contributed by atoms with Crippen LogP contribution >= 0.6 is 0 Å². The Balaban J connectivity index is 1.64. The van der Waals surface area contributed by atoms with Crippen LogP contribution in [0.3, 0.4) is 0 Å². The number of hydrogen-bond donors (Lipinski definition) is 0. The number of nitrogens with zero attached hydrogens (tertiary/aromatic N) is 3. The summed E-state index contributed by atoms with van der Waals surface area (Å²) in [6.07, 6.45) is 6.94. The van der Waals surface area contributed by atoms with Crippen molar-refractivity contribution in [3.8, 4) is 5.75 Å². The van der Waals surface area contributed by atoms with Crippen LogP contribution in [0.5, 0.6) is 5.75 Å². The number of para-hydroxylation sites is 1. The van der Waals surface area contributed by atoms with Gasteiger partial charge in [-0.2, -0.15) is 5.10 Å². The molecule has 1 aliphatic carbocycles. The molecule has 6 heteroatoms. The number of ether oxygens (including phenoxy) is 1. The molecule has 0 N–H and O–H groups in total. The molecule has 2 aromatic rings. The van der Waals surface area contributed by atoms with Gasteiger partial charge in [0, 0.05) is 24.6 Å². The number of hydrazone groups is 1. The predicted molar refractivity (Wildman–Crippen MR) is 124 cm³/mol. The molecule has 1 heterocycles. The maximum atomic E-state index is 14.0. The van der Waals surface area contributed by atoms with Crippen LogP contribution in [0.1, 0.15) is 49.3 Å². The Bertz CT molecular complexity index is 1000. The lowest BCUT2D eigenvalue weighted by Gasteiger charge is -2.30. The summed E-state index contributed by atoms with van der Waals surface area (Å²) in [7, 11) is 1.62. The van der Waals surface area contributed by atoms with Crippen molar-refractivity contribution in [2.45, 2.75) is 44.2 Å². The summed E-state index contributed by atoms with van der Waals surface area (Å²) in [5.41, 5.74) is 2.36. The van der Waals surface area contributed by atoms with Gasteiger partial charge in [0.05, 0.1) is 25.4 Å². The number of carbonyl (C=O) groups is 1. The third-order valence-electron chi connectivity index (χ3n) is 6.36. The molecular weight excluding hydrogens is 405 g/mol. The van der Waals surface area contributed by atoms with E-state index in [2.05, 4.69) is 11.5 Å². The second kappa shape index (κ2) is 10.1. The fourth-order valence-electron chi connectivity index (χ4n) is 4.78. The molecule has 1 saturated carbocycles. The number of methoxy groups -OCH3 is 1. The zero-order chi connectivity index (χ0) is 22.5. The second-order valence-corrected chi connectivity index (χ2v) is 8.42. The second-order valence-electron chi connectivity index (χ2n) is 8.42. The summed E-state index contributed by atoms with van der Waals surface area (Å²) in [5.74, 6) is 0.301. The van der Waals surface area contributed by atoms with Crippen molar-refractivity contribution in [1.82, 2.24) is 9.91 Å². The zero-order valence-electron chi connectivity index (χ0n) is 18.5.